The molecule has 1 saturated heterocycles. The lowest BCUT2D eigenvalue weighted by atomic mass is 9.95. The number of hydrogen-bond donors (Lipinski definition) is 1. The summed E-state index contributed by atoms with van der Waals surface area (Å²) in [5.74, 6) is -0.647. The number of ether oxygens (including phenoxy) is 2. The van der Waals surface area contributed by atoms with Gasteiger partial charge in [0.25, 0.3) is 0 Å². The first-order chi connectivity index (χ1) is 8.52. The van der Waals surface area contributed by atoms with Crippen molar-refractivity contribution in [1.29, 1.82) is 0 Å². The molecule has 0 aliphatic carbocycles. The molecule has 1 heterocycles. The van der Waals surface area contributed by atoms with E-state index < -0.39 is 33.2 Å². The van der Waals surface area contributed by atoms with Gasteiger partial charge in [0.1, 0.15) is 5.60 Å². The van der Waals surface area contributed by atoms with Crippen LogP contribution in [0.25, 0.3) is 0 Å². The van der Waals surface area contributed by atoms with Crippen molar-refractivity contribution in [2.45, 2.75) is 44.8 Å². The number of halogens is 1. The fourth-order valence-corrected chi connectivity index (χ4v) is 2.44. The Morgan fingerprint density at radius 2 is 2.11 bits per heavy atom. The van der Waals surface area contributed by atoms with Gasteiger partial charge in [0, 0.05) is 6.61 Å². The number of rotatable bonds is 4. The minimum absolute atomic E-state index is 0.0366. The summed E-state index contributed by atoms with van der Waals surface area (Å²) in [5.41, 5.74) is -1.53. The van der Waals surface area contributed by atoms with E-state index in [2.05, 4.69) is 5.32 Å². The van der Waals surface area contributed by atoms with Gasteiger partial charge in [-0.1, -0.05) is 0 Å². The van der Waals surface area contributed by atoms with Gasteiger partial charge in [-0.15, -0.1) is 3.89 Å². The van der Waals surface area contributed by atoms with E-state index in [0.717, 1.165) is 0 Å². The quantitative estimate of drug-likeness (QED) is 0.792. The highest BCUT2D eigenvalue weighted by Crippen LogP contribution is 2.24. The summed E-state index contributed by atoms with van der Waals surface area (Å²) in [6.45, 7) is 5.70. The monoisotopic (exact) mass is 297 g/mol. The molecule has 1 aliphatic heterocycles. The first kappa shape index (κ1) is 16.2. The van der Waals surface area contributed by atoms with Crippen LogP contribution < -0.4 is 5.32 Å². The highest BCUT2D eigenvalue weighted by atomic mass is 32.3. The lowest BCUT2D eigenvalue weighted by molar-refractivity contribution is 0.0437. The van der Waals surface area contributed by atoms with Crippen LogP contribution in [-0.4, -0.2) is 44.6 Å². The fraction of sp³-hybridized carbons (Fsp3) is 0.909. The third-order valence-electron chi connectivity index (χ3n) is 2.69. The predicted octanol–water partition coefficient (Wildman–Crippen LogP) is 1.36. The first-order valence-corrected chi connectivity index (χ1v) is 7.58. The molecule has 8 heteroatoms. The molecule has 1 amide bonds. The Morgan fingerprint density at radius 1 is 1.47 bits per heavy atom. The molecule has 0 aromatic rings. The van der Waals surface area contributed by atoms with E-state index in [4.69, 9.17) is 9.47 Å². The third kappa shape index (κ3) is 6.20. The van der Waals surface area contributed by atoms with Crippen molar-refractivity contribution >= 4 is 16.3 Å². The van der Waals surface area contributed by atoms with Crippen LogP contribution in [-0.2, 0) is 19.7 Å². The molecule has 112 valence electrons. The van der Waals surface area contributed by atoms with Gasteiger partial charge < -0.3 is 14.8 Å². The van der Waals surface area contributed by atoms with E-state index in [1.165, 1.54) is 0 Å². The largest absolute Gasteiger partial charge is 0.444 e. The molecule has 0 aromatic heterocycles. The van der Waals surface area contributed by atoms with E-state index in [0.29, 0.717) is 13.0 Å². The topological polar surface area (TPSA) is 81.7 Å². The number of hydrogen-bond acceptors (Lipinski definition) is 5. The Kier molecular flexibility index (Phi) is 4.78. The molecule has 1 unspecified atom stereocenters. The lowest BCUT2D eigenvalue weighted by Gasteiger charge is -2.30. The zero-order valence-corrected chi connectivity index (χ0v) is 12.2. The highest BCUT2D eigenvalue weighted by molar-refractivity contribution is 7.86. The van der Waals surface area contributed by atoms with Gasteiger partial charge in [-0.25, -0.2) is 4.79 Å². The Balaban J connectivity index is 2.64. The van der Waals surface area contributed by atoms with E-state index in [-0.39, 0.29) is 13.0 Å². The van der Waals surface area contributed by atoms with E-state index in [1.807, 2.05) is 0 Å². The summed E-state index contributed by atoms with van der Waals surface area (Å²) >= 11 is 0. The maximum absolute atomic E-state index is 12.6. The lowest BCUT2D eigenvalue weighted by Crippen LogP contribution is -2.51. The Morgan fingerprint density at radius 3 is 2.53 bits per heavy atom. The summed E-state index contributed by atoms with van der Waals surface area (Å²) in [4.78, 5) is 11.7. The summed E-state index contributed by atoms with van der Waals surface area (Å²) in [6, 6.07) is 0. The second-order valence-corrected chi connectivity index (χ2v) is 7.19. The van der Waals surface area contributed by atoms with E-state index in [1.54, 1.807) is 20.8 Å². The molecular weight excluding hydrogens is 277 g/mol. The number of carbonyl (C=O) groups excluding carboxylic acids is 1. The molecule has 1 N–H and O–H groups in total. The molecule has 1 atom stereocenters. The van der Waals surface area contributed by atoms with Gasteiger partial charge in [-0.2, -0.15) is 8.42 Å². The zero-order valence-electron chi connectivity index (χ0n) is 11.4. The summed E-state index contributed by atoms with van der Waals surface area (Å²) < 4.78 is 44.1. The Labute approximate surface area is 112 Å². The van der Waals surface area contributed by atoms with E-state index in [9.17, 15) is 17.1 Å². The average Bonchev–Trinajstić information content (AvgIpc) is 2.60. The van der Waals surface area contributed by atoms with Crippen LogP contribution in [0.4, 0.5) is 8.68 Å². The van der Waals surface area contributed by atoms with Gasteiger partial charge in [-0.3, -0.25) is 0 Å². The van der Waals surface area contributed by atoms with Crippen LogP contribution in [0, 0.1) is 0 Å². The molecule has 0 saturated carbocycles. The Hall–Kier alpha value is -0.890. The van der Waals surface area contributed by atoms with Crippen molar-refractivity contribution in [2.75, 3.05) is 19.0 Å². The molecular formula is C11H20FNO5S. The van der Waals surface area contributed by atoms with Gasteiger partial charge in [0.05, 0.1) is 17.9 Å². The minimum atomic E-state index is -4.57. The molecule has 1 aliphatic rings. The molecule has 0 radical (unpaired) electrons. The van der Waals surface area contributed by atoms with Crippen molar-refractivity contribution < 1.29 is 26.6 Å². The maximum atomic E-state index is 12.6. The van der Waals surface area contributed by atoms with Crippen LogP contribution in [0.5, 0.6) is 0 Å². The maximum Gasteiger partial charge on any atom is 0.408 e. The van der Waals surface area contributed by atoms with Crippen LogP contribution >= 0.6 is 0 Å². The molecule has 19 heavy (non-hydrogen) atoms. The van der Waals surface area contributed by atoms with Crippen molar-refractivity contribution in [3.05, 3.63) is 0 Å². The first-order valence-electron chi connectivity index (χ1n) is 6.03. The standard InChI is InChI=1S/C11H20FNO5S/c1-10(2,3)18-9(14)13-11(4-6-17-8-11)5-7-19(12,15)16/h4-8H2,1-3H3,(H,13,14). The average molecular weight is 297 g/mol. The number of alkyl carbamates (subject to hydrolysis) is 1. The highest BCUT2D eigenvalue weighted by Gasteiger charge is 2.38. The summed E-state index contributed by atoms with van der Waals surface area (Å²) in [5, 5.41) is 2.60. The van der Waals surface area contributed by atoms with Gasteiger partial charge in [0.15, 0.2) is 0 Å². The van der Waals surface area contributed by atoms with Crippen molar-refractivity contribution in [3.63, 3.8) is 0 Å². The fourth-order valence-electron chi connectivity index (χ4n) is 1.80. The second kappa shape index (κ2) is 5.62. The second-order valence-electron chi connectivity index (χ2n) is 5.70. The summed E-state index contributed by atoms with van der Waals surface area (Å²) in [7, 11) is -4.57. The number of carbonyl (C=O) groups is 1. The zero-order chi connectivity index (χ0) is 14.7. The molecule has 1 fully saturated rings. The van der Waals surface area contributed by atoms with Crippen molar-refractivity contribution in [2.24, 2.45) is 0 Å². The van der Waals surface area contributed by atoms with Gasteiger partial charge in [-0.05, 0) is 33.6 Å². The minimum Gasteiger partial charge on any atom is -0.444 e. The molecule has 0 aromatic carbocycles. The van der Waals surface area contributed by atoms with Crippen LogP contribution in [0.3, 0.4) is 0 Å². The van der Waals surface area contributed by atoms with Crippen LogP contribution in [0.15, 0.2) is 0 Å². The summed E-state index contributed by atoms with van der Waals surface area (Å²) in [6.07, 6.45) is -0.262. The number of amides is 1. The molecule has 1 rings (SSSR count). The van der Waals surface area contributed by atoms with Crippen LogP contribution in [0.2, 0.25) is 0 Å². The Bertz CT molecular complexity index is 423. The molecule has 0 bridgehead atoms. The van der Waals surface area contributed by atoms with Crippen molar-refractivity contribution in [1.82, 2.24) is 5.32 Å². The molecule has 0 spiro atoms. The molecule has 6 nitrogen and oxygen atoms in total. The SMILES string of the molecule is CC(C)(C)OC(=O)NC1(CCS(=O)(=O)F)CCOC1. The normalized spacial score (nSPS) is 24.2. The van der Waals surface area contributed by atoms with E-state index >= 15 is 0 Å². The van der Waals surface area contributed by atoms with Gasteiger partial charge in [0.2, 0.25) is 0 Å². The van der Waals surface area contributed by atoms with Crippen LogP contribution in [0.1, 0.15) is 33.6 Å². The predicted molar refractivity (Wildman–Crippen MR) is 67.0 cm³/mol. The smallest absolute Gasteiger partial charge is 0.408 e. The number of nitrogens with one attached hydrogen (secondary N) is 1. The van der Waals surface area contributed by atoms with Crippen molar-refractivity contribution in [3.8, 4) is 0 Å². The third-order valence-corrected chi connectivity index (χ3v) is 3.39. The van der Waals surface area contributed by atoms with Gasteiger partial charge >= 0.3 is 16.3 Å².